The van der Waals surface area contributed by atoms with Crippen LogP contribution in [0.4, 0.5) is 16.2 Å². The Morgan fingerprint density at radius 3 is 2.11 bits per heavy atom. The number of sulfonamides is 1. The van der Waals surface area contributed by atoms with E-state index in [1.165, 1.54) is 7.11 Å². The van der Waals surface area contributed by atoms with Gasteiger partial charge in [0.2, 0.25) is 10.0 Å². The number of unbranched alkanes of at least 4 members (excludes halogenated alkanes) is 1. The van der Waals surface area contributed by atoms with Crippen molar-refractivity contribution in [1.29, 1.82) is 5.41 Å². The maximum Gasteiger partial charge on any atom is 0.329 e. The normalized spacial score (nSPS) is 14.7. The first-order valence-corrected chi connectivity index (χ1v) is 13.0. The number of nitrogens with two attached hydrogens (primary N) is 1. The van der Waals surface area contributed by atoms with Crippen LogP contribution in [0.5, 0.6) is 0 Å². The fourth-order valence-corrected chi connectivity index (χ4v) is 5.21. The van der Waals surface area contributed by atoms with Crippen LogP contribution in [0.1, 0.15) is 30.9 Å². The van der Waals surface area contributed by atoms with Gasteiger partial charge in [0.25, 0.3) is 0 Å². The number of urea groups is 1. The number of hydrogen-bond acceptors (Lipinski definition) is 6. The summed E-state index contributed by atoms with van der Waals surface area (Å²) in [6, 6.07) is 12.8. The van der Waals surface area contributed by atoms with E-state index in [1.54, 1.807) is 58.3 Å². The number of nitrogen functional groups attached to an aromatic ring is 1. The van der Waals surface area contributed by atoms with Crippen LogP contribution in [0.2, 0.25) is 0 Å². The molecule has 2 aromatic rings. The molecule has 1 aliphatic heterocycles. The van der Waals surface area contributed by atoms with E-state index in [0.717, 1.165) is 17.7 Å². The lowest BCUT2D eigenvalue weighted by Gasteiger charge is -2.20. The number of hydrogen-bond donors (Lipinski definition) is 3. The number of carbonyl (C=O) groups excluding carboxylic acids is 2. The number of nitrogens with one attached hydrogen (secondary N) is 2. The van der Waals surface area contributed by atoms with Gasteiger partial charge >= 0.3 is 12.0 Å². The summed E-state index contributed by atoms with van der Waals surface area (Å²) in [6.45, 7) is 2.89. The lowest BCUT2D eigenvalue weighted by Crippen LogP contribution is -2.43. The van der Waals surface area contributed by atoms with Crippen LogP contribution in [0.15, 0.2) is 48.5 Å². The second kappa shape index (κ2) is 11.3. The fourth-order valence-electron chi connectivity index (χ4n) is 3.81. The predicted molar refractivity (Wildman–Crippen MR) is 135 cm³/mol. The first-order chi connectivity index (χ1) is 16.6. The average Bonchev–Trinajstić information content (AvgIpc) is 3.23. The van der Waals surface area contributed by atoms with Gasteiger partial charge in [-0.25, -0.2) is 17.9 Å². The highest BCUT2D eigenvalue weighted by Crippen LogP contribution is 2.26. The van der Waals surface area contributed by atoms with Gasteiger partial charge in [-0.2, -0.15) is 0 Å². The van der Waals surface area contributed by atoms with E-state index in [-0.39, 0.29) is 24.0 Å². The molecule has 1 aliphatic rings. The van der Waals surface area contributed by atoms with Crippen LogP contribution in [-0.4, -0.2) is 58.2 Å². The highest BCUT2D eigenvalue weighted by molar-refractivity contribution is 7.89. The molecule has 0 saturated carbocycles. The van der Waals surface area contributed by atoms with Crippen molar-refractivity contribution in [2.75, 3.05) is 35.8 Å². The second-order valence-corrected chi connectivity index (χ2v) is 10.2. The van der Waals surface area contributed by atoms with E-state index in [1.807, 2.05) is 6.92 Å². The number of amides is 2. The van der Waals surface area contributed by atoms with E-state index < -0.39 is 22.0 Å². The third-order valence-electron chi connectivity index (χ3n) is 5.76. The maximum atomic E-state index is 13.0. The summed E-state index contributed by atoms with van der Waals surface area (Å²) < 4.78 is 31.8. The molecule has 0 radical (unpaired) electrons. The molecule has 10 nitrogen and oxygen atoms in total. The quantitative estimate of drug-likeness (QED) is 0.244. The van der Waals surface area contributed by atoms with Gasteiger partial charge in [0, 0.05) is 30.0 Å². The van der Waals surface area contributed by atoms with E-state index in [2.05, 4.69) is 4.72 Å². The molecule has 188 valence electrons. The second-order valence-electron chi connectivity index (χ2n) is 8.28. The lowest BCUT2D eigenvalue weighted by atomic mass is 10.1. The molecule has 0 spiro atoms. The van der Waals surface area contributed by atoms with Crippen LogP contribution in [0.3, 0.4) is 0 Å². The first kappa shape index (κ1) is 26.2. The highest BCUT2D eigenvalue weighted by Gasteiger charge is 2.31. The minimum absolute atomic E-state index is 0.0331. The zero-order chi connectivity index (χ0) is 25.6. The number of ether oxygens (including phenoxy) is 1. The minimum atomic E-state index is -3.61. The van der Waals surface area contributed by atoms with Crippen molar-refractivity contribution in [3.8, 4) is 0 Å². The van der Waals surface area contributed by atoms with Gasteiger partial charge < -0.3 is 10.5 Å². The summed E-state index contributed by atoms with van der Waals surface area (Å²) in [6.07, 6.45) is 1.35. The maximum absolute atomic E-state index is 13.0. The van der Waals surface area contributed by atoms with Crippen molar-refractivity contribution < 1.29 is 22.7 Å². The van der Waals surface area contributed by atoms with Crippen molar-refractivity contribution in [2.45, 2.75) is 32.2 Å². The van der Waals surface area contributed by atoms with Gasteiger partial charge in [0.05, 0.1) is 12.9 Å². The summed E-state index contributed by atoms with van der Waals surface area (Å²) in [5.41, 5.74) is 8.22. The molecule has 1 atom stereocenters. The molecular formula is C24H31N5O5S. The number of carbonyl (C=O) groups is 2. The Labute approximate surface area is 205 Å². The van der Waals surface area contributed by atoms with Gasteiger partial charge in [-0.05, 0) is 54.8 Å². The van der Waals surface area contributed by atoms with Gasteiger partial charge in [0.1, 0.15) is 11.9 Å². The Balaban J connectivity index is 1.69. The number of benzene rings is 2. The minimum Gasteiger partial charge on any atom is -0.468 e. The largest absolute Gasteiger partial charge is 0.468 e. The number of nitrogens with zero attached hydrogens (tertiary/aromatic N) is 2. The number of esters is 1. The summed E-state index contributed by atoms with van der Waals surface area (Å²) in [5.74, 6) is -0.745. The molecule has 11 heteroatoms. The molecule has 0 aliphatic carbocycles. The molecule has 1 unspecified atom stereocenters. The van der Waals surface area contributed by atoms with E-state index in [0.29, 0.717) is 30.8 Å². The molecule has 1 saturated heterocycles. The van der Waals surface area contributed by atoms with Crippen molar-refractivity contribution in [2.24, 2.45) is 5.73 Å². The predicted octanol–water partition coefficient (Wildman–Crippen LogP) is 2.22. The van der Waals surface area contributed by atoms with E-state index in [9.17, 15) is 18.0 Å². The van der Waals surface area contributed by atoms with Crippen LogP contribution in [-0.2, 0) is 26.0 Å². The summed E-state index contributed by atoms with van der Waals surface area (Å²) in [5, 5.41) is 7.49. The van der Waals surface area contributed by atoms with Gasteiger partial charge in [-0.15, -0.1) is 0 Å². The third kappa shape index (κ3) is 6.58. The Bertz CT molecular complexity index is 1170. The van der Waals surface area contributed by atoms with Crippen molar-refractivity contribution in [3.05, 3.63) is 59.7 Å². The Morgan fingerprint density at radius 2 is 1.63 bits per heavy atom. The summed E-state index contributed by atoms with van der Waals surface area (Å²) >= 11 is 0. The highest BCUT2D eigenvalue weighted by atomic mass is 32.2. The molecule has 35 heavy (non-hydrogen) atoms. The zero-order valence-corrected chi connectivity index (χ0v) is 20.7. The van der Waals surface area contributed by atoms with Crippen LogP contribution in [0, 0.1) is 5.41 Å². The zero-order valence-electron chi connectivity index (χ0n) is 19.9. The van der Waals surface area contributed by atoms with Gasteiger partial charge in [0.15, 0.2) is 0 Å². The Kier molecular flexibility index (Phi) is 8.47. The fraction of sp³-hybridized carbons (Fsp3) is 0.375. The van der Waals surface area contributed by atoms with Crippen molar-refractivity contribution >= 4 is 39.2 Å². The number of methoxy groups -OCH3 is 1. The summed E-state index contributed by atoms with van der Waals surface area (Å²) in [4.78, 5) is 28.5. The number of amidine groups is 1. The topological polar surface area (TPSA) is 146 Å². The van der Waals surface area contributed by atoms with E-state index >= 15 is 0 Å². The first-order valence-electron chi connectivity index (χ1n) is 11.4. The van der Waals surface area contributed by atoms with Crippen LogP contribution in [0.25, 0.3) is 0 Å². The molecule has 4 N–H and O–H groups in total. The Morgan fingerprint density at radius 1 is 1.09 bits per heavy atom. The average molecular weight is 502 g/mol. The number of rotatable bonds is 11. The molecule has 3 rings (SSSR count). The van der Waals surface area contributed by atoms with Crippen molar-refractivity contribution in [1.82, 2.24) is 4.72 Å². The molecule has 0 bridgehead atoms. The summed E-state index contributed by atoms with van der Waals surface area (Å²) in [7, 11) is -2.40. The van der Waals surface area contributed by atoms with Crippen LogP contribution >= 0.6 is 0 Å². The lowest BCUT2D eigenvalue weighted by molar-refractivity contribution is -0.142. The third-order valence-corrected chi connectivity index (χ3v) is 7.23. The molecule has 2 amide bonds. The monoisotopic (exact) mass is 501 g/mol. The number of anilines is 2. The van der Waals surface area contributed by atoms with Gasteiger partial charge in [-0.1, -0.05) is 25.5 Å². The molecule has 0 aromatic heterocycles. The molecule has 1 fully saturated rings. The standard InChI is InChI=1S/C24H31N5O5S/c1-3-4-15-35(32,33)27-21(23(30)34-2)16-17-5-9-19(10-6-17)28-13-14-29(24(28)31)20-11-7-18(8-12-20)22(25)26/h5-12,21,27H,3-4,13-16H2,1-2H3,(H3,25,26). The van der Waals surface area contributed by atoms with Gasteiger partial charge in [-0.3, -0.25) is 20.0 Å². The Hall–Kier alpha value is -3.44. The molecule has 2 aromatic carbocycles. The van der Waals surface area contributed by atoms with E-state index in [4.69, 9.17) is 15.9 Å². The molecular weight excluding hydrogens is 470 g/mol. The smallest absolute Gasteiger partial charge is 0.329 e. The van der Waals surface area contributed by atoms with Crippen LogP contribution < -0.4 is 20.3 Å². The molecule has 1 heterocycles. The van der Waals surface area contributed by atoms with Crippen molar-refractivity contribution in [3.63, 3.8) is 0 Å². The SMILES string of the molecule is CCCCS(=O)(=O)NC(Cc1ccc(N2CCN(c3ccc(C(=N)N)cc3)C2=O)cc1)C(=O)OC.